The number of nitrogens with zero attached hydrogens (tertiary/aromatic N) is 2. The molecule has 2 rings (SSSR count). The van der Waals surface area contributed by atoms with Crippen LogP contribution < -0.4 is 4.74 Å². The van der Waals surface area contributed by atoms with Gasteiger partial charge in [-0.05, 0) is 25.6 Å². The van der Waals surface area contributed by atoms with Gasteiger partial charge >= 0.3 is 0 Å². The monoisotopic (exact) mass is 210 g/mol. The number of likely N-dealkylation sites (N-methyl/N-ethyl adjacent to an activating group) is 1. The lowest BCUT2D eigenvalue weighted by Gasteiger charge is -2.18. The van der Waals surface area contributed by atoms with Gasteiger partial charge in [0.15, 0.2) is 0 Å². The summed E-state index contributed by atoms with van der Waals surface area (Å²) < 4.78 is 18.6. The van der Waals surface area contributed by atoms with E-state index in [2.05, 4.69) is 4.98 Å². The molecule has 0 amide bonds. The zero-order valence-electron chi connectivity index (χ0n) is 8.77. The largest absolute Gasteiger partial charge is 0.490 e. The second-order valence-electron chi connectivity index (χ2n) is 3.93. The van der Waals surface area contributed by atoms with E-state index >= 15 is 0 Å². The van der Waals surface area contributed by atoms with Gasteiger partial charge in [0, 0.05) is 18.8 Å². The van der Waals surface area contributed by atoms with Crippen molar-refractivity contribution in [3.63, 3.8) is 0 Å². The third-order valence-corrected chi connectivity index (χ3v) is 2.71. The molecule has 1 aliphatic rings. The van der Waals surface area contributed by atoms with Crippen molar-refractivity contribution in [1.82, 2.24) is 9.88 Å². The molecule has 1 aromatic heterocycles. The average molecular weight is 210 g/mol. The van der Waals surface area contributed by atoms with Crippen LogP contribution in [0.2, 0.25) is 0 Å². The predicted molar refractivity (Wildman–Crippen MR) is 55.7 cm³/mol. The Morgan fingerprint density at radius 2 is 2.53 bits per heavy atom. The second-order valence-corrected chi connectivity index (χ2v) is 3.93. The zero-order chi connectivity index (χ0) is 10.7. The van der Waals surface area contributed by atoms with Crippen molar-refractivity contribution in [3.05, 3.63) is 24.5 Å². The van der Waals surface area contributed by atoms with Crippen molar-refractivity contribution in [3.8, 4) is 5.75 Å². The molecule has 0 aliphatic carbocycles. The molecule has 0 radical (unpaired) electrons. The summed E-state index contributed by atoms with van der Waals surface area (Å²) in [7, 11) is 1.93. The van der Waals surface area contributed by atoms with Gasteiger partial charge < -0.3 is 4.74 Å². The number of hydrogen-bond donors (Lipinski definition) is 0. The van der Waals surface area contributed by atoms with Crippen LogP contribution in [0.3, 0.4) is 0 Å². The number of hydrogen-bond acceptors (Lipinski definition) is 3. The molecule has 2 unspecified atom stereocenters. The molecule has 0 saturated carbocycles. The summed E-state index contributed by atoms with van der Waals surface area (Å²) in [5.41, 5.74) is 0. The molecule has 1 fully saturated rings. The van der Waals surface area contributed by atoms with E-state index in [-0.39, 0.29) is 6.04 Å². The Bertz CT molecular complexity index is 307. The fourth-order valence-corrected chi connectivity index (χ4v) is 1.83. The minimum Gasteiger partial charge on any atom is -0.490 e. The number of pyridine rings is 1. The fraction of sp³-hybridized carbons (Fsp3) is 0.545. The smallest absolute Gasteiger partial charge is 0.137 e. The quantitative estimate of drug-likeness (QED) is 0.756. The molecule has 15 heavy (non-hydrogen) atoms. The first-order valence-electron chi connectivity index (χ1n) is 5.13. The normalized spacial score (nSPS) is 26.8. The highest BCUT2D eigenvalue weighted by Crippen LogP contribution is 2.19. The highest BCUT2D eigenvalue weighted by Gasteiger charge is 2.29. The first kappa shape index (κ1) is 10.4. The molecular weight excluding hydrogens is 195 g/mol. The first-order chi connectivity index (χ1) is 7.25. The first-order valence-corrected chi connectivity index (χ1v) is 5.13. The molecule has 1 saturated heterocycles. The summed E-state index contributed by atoms with van der Waals surface area (Å²) in [6.45, 7) is 1.05. The van der Waals surface area contributed by atoms with Crippen LogP contribution in [0.1, 0.15) is 6.42 Å². The van der Waals surface area contributed by atoms with Crippen molar-refractivity contribution in [2.45, 2.75) is 18.6 Å². The summed E-state index contributed by atoms with van der Waals surface area (Å²) in [5, 5.41) is 0. The number of alkyl halides is 1. The van der Waals surface area contributed by atoms with E-state index in [9.17, 15) is 4.39 Å². The van der Waals surface area contributed by atoms with Crippen LogP contribution in [-0.4, -0.2) is 42.3 Å². The zero-order valence-corrected chi connectivity index (χ0v) is 8.77. The summed E-state index contributed by atoms with van der Waals surface area (Å²) in [6.07, 6.45) is 3.22. The van der Waals surface area contributed by atoms with E-state index in [1.807, 2.05) is 24.1 Å². The Balaban J connectivity index is 1.84. The van der Waals surface area contributed by atoms with Gasteiger partial charge in [0.05, 0.1) is 6.20 Å². The number of likely N-dealkylation sites (tertiary alicyclic amines) is 1. The van der Waals surface area contributed by atoms with E-state index < -0.39 is 6.17 Å². The lowest BCUT2D eigenvalue weighted by Crippen LogP contribution is -2.30. The standard InChI is InChI=1S/C11H15FN2O/c1-14-7-9(12)5-10(14)8-15-11-3-2-4-13-6-11/h2-4,6,9-10H,5,7-8H2,1H3. The molecular formula is C11H15FN2O. The van der Waals surface area contributed by atoms with Crippen molar-refractivity contribution in [2.24, 2.45) is 0 Å². The highest BCUT2D eigenvalue weighted by molar-refractivity contribution is 5.15. The van der Waals surface area contributed by atoms with Gasteiger partial charge in [-0.2, -0.15) is 0 Å². The summed E-state index contributed by atoms with van der Waals surface area (Å²) in [4.78, 5) is 5.95. The van der Waals surface area contributed by atoms with Crippen molar-refractivity contribution >= 4 is 0 Å². The van der Waals surface area contributed by atoms with Crippen molar-refractivity contribution in [2.75, 3.05) is 20.2 Å². The molecule has 0 N–H and O–H groups in total. The Hall–Kier alpha value is -1.16. The Labute approximate surface area is 88.9 Å². The second kappa shape index (κ2) is 4.57. The molecule has 4 heteroatoms. The third kappa shape index (κ3) is 2.65. The number of rotatable bonds is 3. The van der Waals surface area contributed by atoms with Crippen LogP contribution in [0.25, 0.3) is 0 Å². The molecule has 2 atom stereocenters. The SMILES string of the molecule is CN1CC(F)CC1COc1cccnc1. The van der Waals surface area contributed by atoms with Gasteiger partial charge in [0.2, 0.25) is 0 Å². The topological polar surface area (TPSA) is 25.4 Å². The number of halogens is 1. The average Bonchev–Trinajstić information content (AvgIpc) is 2.56. The molecule has 2 heterocycles. The summed E-state index contributed by atoms with van der Waals surface area (Å²) in [5.74, 6) is 0.744. The molecule has 0 bridgehead atoms. The molecule has 82 valence electrons. The lowest BCUT2D eigenvalue weighted by atomic mass is 10.2. The van der Waals surface area contributed by atoms with Crippen LogP contribution in [0.5, 0.6) is 5.75 Å². The Kier molecular flexibility index (Phi) is 3.16. The lowest BCUT2D eigenvalue weighted by molar-refractivity contribution is 0.197. The summed E-state index contributed by atoms with van der Waals surface area (Å²) in [6, 6.07) is 3.86. The Morgan fingerprint density at radius 1 is 1.67 bits per heavy atom. The van der Waals surface area contributed by atoms with Gasteiger partial charge in [0.1, 0.15) is 18.5 Å². The molecule has 1 aromatic rings. The molecule has 0 spiro atoms. The maximum absolute atomic E-state index is 13.0. The van der Waals surface area contributed by atoms with Gasteiger partial charge in [-0.3, -0.25) is 9.88 Å². The van der Waals surface area contributed by atoms with E-state index in [4.69, 9.17) is 4.74 Å². The van der Waals surface area contributed by atoms with Crippen LogP contribution in [-0.2, 0) is 0 Å². The van der Waals surface area contributed by atoms with Gasteiger partial charge in [-0.25, -0.2) is 4.39 Å². The van der Waals surface area contributed by atoms with Crippen LogP contribution in [0, 0.1) is 0 Å². The maximum atomic E-state index is 13.0. The maximum Gasteiger partial charge on any atom is 0.137 e. The minimum atomic E-state index is -0.711. The van der Waals surface area contributed by atoms with E-state index in [1.54, 1.807) is 12.4 Å². The summed E-state index contributed by atoms with van der Waals surface area (Å²) >= 11 is 0. The van der Waals surface area contributed by atoms with E-state index in [0.717, 1.165) is 5.75 Å². The van der Waals surface area contributed by atoms with E-state index in [1.165, 1.54) is 0 Å². The van der Waals surface area contributed by atoms with Crippen LogP contribution >= 0.6 is 0 Å². The van der Waals surface area contributed by atoms with Crippen molar-refractivity contribution in [1.29, 1.82) is 0 Å². The molecule has 0 aromatic carbocycles. The van der Waals surface area contributed by atoms with Crippen LogP contribution in [0.15, 0.2) is 24.5 Å². The van der Waals surface area contributed by atoms with Crippen LogP contribution in [0.4, 0.5) is 4.39 Å². The molecule has 3 nitrogen and oxygen atoms in total. The number of ether oxygens (including phenoxy) is 1. The Morgan fingerprint density at radius 3 is 3.13 bits per heavy atom. The minimum absolute atomic E-state index is 0.181. The fourth-order valence-electron chi connectivity index (χ4n) is 1.83. The van der Waals surface area contributed by atoms with Gasteiger partial charge in [0.25, 0.3) is 0 Å². The van der Waals surface area contributed by atoms with Crippen molar-refractivity contribution < 1.29 is 9.13 Å². The predicted octanol–water partition coefficient (Wildman–Crippen LogP) is 1.50. The number of aromatic nitrogens is 1. The van der Waals surface area contributed by atoms with Gasteiger partial charge in [-0.1, -0.05) is 0 Å². The third-order valence-electron chi connectivity index (χ3n) is 2.71. The van der Waals surface area contributed by atoms with E-state index in [0.29, 0.717) is 19.6 Å². The highest BCUT2D eigenvalue weighted by atomic mass is 19.1. The molecule has 1 aliphatic heterocycles. The van der Waals surface area contributed by atoms with Gasteiger partial charge in [-0.15, -0.1) is 0 Å².